The normalized spacial score (nSPS) is 17.4. The summed E-state index contributed by atoms with van der Waals surface area (Å²) in [7, 11) is 0. The van der Waals surface area contributed by atoms with E-state index in [0.717, 1.165) is 42.6 Å². The van der Waals surface area contributed by atoms with Crippen molar-refractivity contribution in [2.24, 2.45) is 5.92 Å². The molecule has 4 rings (SSSR count). The lowest BCUT2D eigenvalue weighted by Gasteiger charge is -2.33. The molecule has 2 N–H and O–H groups in total. The van der Waals surface area contributed by atoms with Gasteiger partial charge in [0.25, 0.3) is 5.91 Å². The Balaban J connectivity index is 1.42. The zero-order valence-corrected chi connectivity index (χ0v) is 16.5. The number of nitrogens with zero attached hydrogens (tertiary/aromatic N) is 2. The maximum absolute atomic E-state index is 13.0. The number of nitrogen functional groups attached to an aromatic ring is 1. The Labute approximate surface area is 164 Å². The molecule has 2 aromatic carbocycles. The summed E-state index contributed by atoms with van der Waals surface area (Å²) < 4.78 is 1.03. The van der Waals surface area contributed by atoms with Crippen LogP contribution in [0.1, 0.15) is 40.7 Å². The smallest absolute Gasteiger partial charge is 0.253 e. The molecule has 3 aromatic rings. The third-order valence-corrected chi connectivity index (χ3v) is 6.41. The summed E-state index contributed by atoms with van der Waals surface area (Å²) >= 11 is 1.46. The van der Waals surface area contributed by atoms with Gasteiger partial charge in [-0.2, -0.15) is 0 Å². The highest BCUT2D eigenvalue weighted by atomic mass is 32.1. The summed E-state index contributed by atoms with van der Waals surface area (Å²) in [5, 5.41) is 0.545. The number of carbonyl (C=O) groups excluding carboxylic acids is 1. The fraction of sp³-hybridized carbons (Fsp3) is 0.364. The van der Waals surface area contributed by atoms with Crippen molar-refractivity contribution in [2.45, 2.75) is 32.6 Å². The number of rotatable bonds is 4. The highest BCUT2D eigenvalue weighted by molar-refractivity contribution is 7.22. The second kappa shape index (κ2) is 7.69. The number of fused-ring (bicyclic) bond motifs is 1. The minimum atomic E-state index is 0.115. The van der Waals surface area contributed by atoms with Gasteiger partial charge < -0.3 is 10.6 Å². The number of nitrogens with two attached hydrogens (primary N) is 1. The van der Waals surface area contributed by atoms with Crippen LogP contribution in [0.4, 0.5) is 5.13 Å². The number of thiazole rings is 1. The molecule has 1 saturated heterocycles. The van der Waals surface area contributed by atoms with Gasteiger partial charge in [0, 0.05) is 18.7 Å². The van der Waals surface area contributed by atoms with Crippen LogP contribution in [0.5, 0.6) is 0 Å². The van der Waals surface area contributed by atoms with Crippen molar-refractivity contribution < 1.29 is 4.79 Å². The summed E-state index contributed by atoms with van der Waals surface area (Å²) in [6.45, 7) is 3.87. The van der Waals surface area contributed by atoms with Gasteiger partial charge in [-0.1, -0.05) is 35.6 Å². The molecule has 0 radical (unpaired) electrons. The summed E-state index contributed by atoms with van der Waals surface area (Å²) in [4.78, 5) is 19.3. The zero-order valence-electron chi connectivity index (χ0n) is 15.6. The number of benzene rings is 2. The maximum Gasteiger partial charge on any atom is 0.253 e. The zero-order chi connectivity index (χ0) is 18.8. The number of anilines is 1. The number of likely N-dealkylation sites (tertiary alicyclic amines) is 1. The van der Waals surface area contributed by atoms with Crippen molar-refractivity contribution in [3.63, 3.8) is 0 Å². The predicted molar refractivity (Wildman–Crippen MR) is 112 cm³/mol. The van der Waals surface area contributed by atoms with E-state index in [9.17, 15) is 4.79 Å². The van der Waals surface area contributed by atoms with Crippen LogP contribution < -0.4 is 5.73 Å². The van der Waals surface area contributed by atoms with Gasteiger partial charge in [0.05, 0.1) is 10.2 Å². The number of piperidine rings is 1. The lowest BCUT2D eigenvalue weighted by Crippen LogP contribution is -2.40. The Morgan fingerprint density at radius 1 is 1.30 bits per heavy atom. The SMILES string of the molecule is Cc1ccccc1CCC1CCCN(C(=O)c2ccc3sc(N)nc3c2)C1. The molecule has 5 heteroatoms. The highest BCUT2D eigenvalue weighted by Gasteiger charge is 2.24. The first-order chi connectivity index (χ1) is 13.1. The minimum absolute atomic E-state index is 0.115. The molecule has 1 aliphatic rings. The van der Waals surface area contributed by atoms with E-state index in [4.69, 9.17) is 5.73 Å². The molecule has 1 aliphatic heterocycles. The Bertz CT molecular complexity index is 965. The molecule has 4 nitrogen and oxygen atoms in total. The largest absolute Gasteiger partial charge is 0.375 e. The molecule has 2 heterocycles. The average Bonchev–Trinajstić information content (AvgIpc) is 3.06. The third kappa shape index (κ3) is 3.98. The summed E-state index contributed by atoms with van der Waals surface area (Å²) in [6.07, 6.45) is 4.51. The van der Waals surface area contributed by atoms with Gasteiger partial charge in [-0.15, -0.1) is 0 Å². The van der Waals surface area contributed by atoms with Gasteiger partial charge in [-0.3, -0.25) is 4.79 Å². The fourth-order valence-corrected chi connectivity index (χ4v) is 4.71. The number of carbonyl (C=O) groups is 1. The molecule has 1 fully saturated rings. The van der Waals surface area contributed by atoms with Crippen LogP contribution in [-0.4, -0.2) is 28.9 Å². The van der Waals surface area contributed by atoms with Crippen LogP contribution in [0, 0.1) is 12.8 Å². The predicted octanol–water partition coefficient (Wildman–Crippen LogP) is 4.67. The first kappa shape index (κ1) is 18.0. The van der Waals surface area contributed by atoms with E-state index in [-0.39, 0.29) is 5.91 Å². The number of aromatic nitrogens is 1. The fourth-order valence-electron chi connectivity index (χ4n) is 4.00. The first-order valence-corrected chi connectivity index (χ1v) is 10.4. The standard InChI is InChI=1S/C22H25N3OS/c1-15-5-2-3-7-17(15)9-8-16-6-4-12-25(14-16)21(26)18-10-11-20-19(13-18)24-22(23)27-20/h2-3,5,7,10-11,13,16H,4,6,8-9,12,14H2,1H3,(H2,23,24). The summed E-state index contributed by atoms with van der Waals surface area (Å²) in [5.41, 5.74) is 10.1. The van der Waals surface area contributed by atoms with Crippen molar-refractivity contribution in [3.05, 3.63) is 59.2 Å². The van der Waals surface area contributed by atoms with Gasteiger partial charge in [-0.25, -0.2) is 4.98 Å². The number of hydrogen-bond acceptors (Lipinski definition) is 4. The van der Waals surface area contributed by atoms with Crippen molar-refractivity contribution in [3.8, 4) is 0 Å². The third-order valence-electron chi connectivity index (χ3n) is 5.54. The van der Waals surface area contributed by atoms with Crippen LogP contribution >= 0.6 is 11.3 Å². The van der Waals surface area contributed by atoms with Crippen LogP contribution in [0.15, 0.2) is 42.5 Å². The van der Waals surface area contributed by atoms with E-state index < -0.39 is 0 Å². The second-order valence-electron chi connectivity index (χ2n) is 7.46. The van der Waals surface area contributed by atoms with E-state index in [1.165, 1.54) is 28.9 Å². The van der Waals surface area contributed by atoms with Crippen LogP contribution in [0.2, 0.25) is 0 Å². The van der Waals surface area contributed by atoms with E-state index in [1.807, 2.05) is 23.1 Å². The Morgan fingerprint density at radius 3 is 3.00 bits per heavy atom. The lowest BCUT2D eigenvalue weighted by molar-refractivity contribution is 0.0668. The average molecular weight is 380 g/mol. The Hall–Kier alpha value is -2.40. The minimum Gasteiger partial charge on any atom is -0.375 e. The van der Waals surface area contributed by atoms with Crippen molar-refractivity contribution in [1.29, 1.82) is 0 Å². The van der Waals surface area contributed by atoms with Crippen LogP contribution in [-0.2, 0) is 6.42 Å². The molecule has 140 valence electrons. The molecule has 1 unspecified atom stereocenters. The number of hydrogen-bond donors (Lipinski definition) is 1. The van der Waals surface area contributed by atoms with E-state index in [0.29, 0.717) is 16.6 Å². The van der Waals surface area contributed by atoms with Crippen molar-refractivity contribution >= 4 is 32.6 Å². The second-order valence-corrected chi connectivity index (χ2v) is 8.52. The Morgan fingerprint density at radius 2 is 2.15 bits per heavy atom. The first-order valence-electron chi connectivity index (χ1n) is 9.60. The van der Waals surface area contributed by atoms with Gasteiger partial charge in [-0.05, 0) is 67.9 Å². The summed E-state index contributed by atoms with van der Waals surface area (Å²) in [6, 6.07) is 14.3. The van der Waals surface area contributed by atoms with Gasteiger partial charge in [0.2, 0.25) is 0 Å². The molecule has 0 bridgehead atoms. The van der Waals surface area contributed by atoms with E-state index in [1.54, 1.807) is 0 Å². The summed E-state index contributed by atoms with van der Waals surface area (Å²) in [5.74, 6) is 0.685. The molecule has 1 aromatic heterocycles. The van der Waals surface area contributed by atoms with Crippen LogP contribution in [0.3, 0.4) is 0 Å². The van der Waals surface area contributed by atoms with Gasteiger partial charge in [0.15, 0.2) is 5.13 Å². The van der Waals surface area contributed by atoms with E-state index >= 15 is 0 Å². The molecule has 1 atom stereocenters. The topological polar surface area (TPSA) is 59.2 Å². The molecule has 0 saturated carbocycles. The molecule has 0 aliphatic carbocycles. The molecule has 27 heavy (non-hydrogen) atoms. The molecular weight excluding hydrogens is 354 g/mol. The maximum atomic E-state index is 13.0. The van der Waals surface area contributed by atoms with Gasteiger partial charge >= 0.3 is 0 Å². The van der Waals surface area contributed by atoms with E-state index in [2.05, 4.69) is 36.2 Å². The van der Waals surface area contributed by atoms with Crippen LogP contribution in [0.25, 0.3) is 10.2 Å². The van der Waals surface area contributed by atoms with Gasteiger partial charge in [0.1, 0.15) is 0 Å². The highest BCUT2D eigenvalue weighted by Crippen LogP contribution is 2.27. The quantitative estimate of drug-likeness (QED) is 0.716. The number of aryl methyl sites for hydroxylation is 2. The molecule has 1 amide bonds. The monoisotopic (exact) mass is 379 g/mol. The van der Waals surface area contributed by atoms with Crippen molar-refractivity contribution in [2.75, 3.05) is 18.8 Å². The lowest BCUT2D eigenvalue weighted by atomic mass is 9.90. The molecule has 0 spiro atoms. The molecular formula is C22H25N3OS. The Kier molecular flexibility index (Phi) is 5.12. The van der Waals surface area contributed by atoms with Crippen molar-refractivity contribution in [1.82, 2.24) is 9.88 Å². The number of amides is 1.